The van der Waals surface area contributed by atoms with Crippen molar-refractivity contribution < 1.29 is 9.47 Å². The molecule has 0 saturated carbocycles. The summed E-state index contributed by atoms with van der Waals surface area (Å²) in [5.74, 6) is 1.19. The van der Waals surface area contributed by atoms with E-state index >= 15 is 0 Å². The minimum Gasteiger partial charge on any atom is -0.478 e. The summed E-state index contributed by atoms with van der Waals surface area (Å²) in [6.07, 6.45) is 1.72. The molecule has 0 amide bonds. The molecule has 0 spiro atoms. The molecule has 2 N–H and O–H groups in total. The van der Waals surface area contributed by atoms with Gasteiger partial charge in [-0.25, -0.2) is 9.98 Å². The van der Waals surface area contributed by atoms with Crippen LogP contribution in [0.4, 0.5) is 0 Å². The molecule has 0 radical (unpaired) electrons. The van der Waals surface area contributed by atoms with Crippen LogP contribution in [0.1, 0.15) is 12.5 Å². The van der Waals surface area contributed by atoms with Crippen LogP contribution in [-0.2, 0) is 11.3 Å². The maximum absolute atomic E-state index is 5.97. The van der Waals surface area contributed by atoms with E-state index in [1.165, 1.54) is 0 Å². The van der Waals surface area contributed by atoms with Crippen molar-refractivity contribution in [1.82, 2.24) is 9.88 Å². The van der Waals surface area contributed by atoms with Crippen LogP contribution < -0.4 is 10.5 Å². The Morgan fingerprint density at radius 3 is 2.95 bits per heavy atom. The van der Waals surface area contributed by atoms with Crippen molar-refractivity contribution in [3.8, 4) is 5.88 Å². The minimum absolute atomic E-state index is 0. The molecule has 20 heavy (non-hydrogen) atoms. The number of halogens is 1. The third-order valence-corrected chi connectivity index (χ3v) is 2.85. The van der Waals surface area contributed by atoms with Crippen LogP contribution in [0.15, 0.2) is 23.3 Å². The van der Waals surface area contributed by atoms with E-state index in [0.29, 0.717) is 38.2 Å². The van der Waals surface area contributed by atoms with Crippen LogP contribution in [0.25, 0.3) is 0 Å². The molecule has 112 valence electrons. The fourth-order valence-corrected chi connectivity index (χ4v) is 1.84. The summed E-state index contributed by atoms with van der Waals surface area (Å²) < 4.78 is 10.6. The molecule has 1 aromatic heterocycles. The standard InChI is InChI=1S/C13H20N4O2.HI/c1-2-19-12-9-11(3-4-15-12)10-16-13(14)17-5-7-18-8-6-17;/h3-4,9H,2,5-8,10H2,1H3,(H2,14,16);1H. The molecule has 1 fully saturated rings. The first-order valence-electron chi connectivity index (χ1n) is 6.50. The molecule has 2 rings (SSSR count). The van der Waals surface area contributed by atoms with Gasteiger partial charge in [-0.2, -0.15) is 0 Å². The second-order valence-electron chi connectivity index (χ2n) is 4.21. The fraction of sp³-hybridized carbons (Fsp3) is 0.538. The lowest BCUT2D eigenvalue weighted by Crippen LogP contribution is -2.44. The summed E-state index contributed by atoms with van der Waals surface area (Å²) in [5.41, 5.74) is 7.00. The van der Waals surface area contributed by atoms with Gasteiger partial charge in [0.2, 0.25) is 5.88 Å². The lowest BCUT2D eigenvalue weighted by Gasteiger charge is -2.27. The van der Waals surface area contributed by atoms with Crippen LogP contribution >= 0.6 is 24.0 Å². The smallest absolute Gasteiger partial charge is 0.213 e. The first kappa shape index (κ1) is 17.0. The summed E-state index contributed by atoms with van der Waals surface area (Å²) in [7, 11) is 0. The number of guanidine groups is 1. The summed E-state index contributed by atoms with van der Waals surface area (Å²) >= 11 is 0. The number of nitrogens with zero attached hydrogens (tertiary/aromatic N) is 3. The Bertz CT molecular complexity index is 436. The quantitative estimate of drug-likeness (QED) is 0.474. The zero-order valence-corrected chi connectivity index (χ0v) is 13.9. The Kier molecular flexibility index (Phi) is 7.60. The molecule has 0 aromatic carbocycles. The third-order valence-electron chi connectivity index (χ3n) is 2.85. The van der Waals surface area contributed by atoms with E-state index in [1.807, 2.05) is 24.0 Å². The van der Waals surface area contributed by atoms with E-state index in [-0.39, 0.29) is 24.0 Å². The molecular weight excluding hydrogens is 371 g/mol. The molecule has 2 heterocycles. The van der Waals surface area contributed by atoms with Gasteiger partial charge >= 0.3 is 0 Å². The number of nitrogens with two attached hydrogens (primary N) is 1. The van der Waals surface area contributed by atoms with Crippen molar-refractivity contribution in [2.75, 3.05) is 32.9 Å². The monoisotopic (exact) mass is 392 g/mol. The topological polar surface area (TPSA) is 73.0 Å². The van der Waals surface area contributed by atoms with Crippen LogP contribution in [-0.4, -0.2) is 48.8 Å². The molecular formula is C13H21IN4O2. The molecule has 6 nitrogen and oxygen atoms in total. The number of hydrogen-bond acceptors (Lipinski definition) is 4. The van der Waals surface area contributed by atoms with E-state index in [1.54, 1.807) is 6.20 Å². The second-order valence-corrected chi connectivity index (χ2v) is 4.21. The lowest BCUT2D eigenvalue weighted by molar-refractivity contribution is 0.0674. The summed E-state index contributed by atoms with van der Waals surface area (Å²) in [6, 6.07) is 3.80. The van der Waals surface area contributed by atoms with Gasteiger partial charge in [0.05, 0.1) is 26.4 Å². The van der Waals surface area contributed by atoms with Crippen molar-refractivity contribution in [1.29, 1.82) is 0 Å². The van der Waals surface area contributed by atoms with Crippen LogP contribution in [0.2, 0.25) is 0 Å². The van der Waals surface area contributed by atoms with Gasteiger partial charge in [-0.05, 0) is 18.6 Å². The summed E-state index contributed by atoms with van der Waals surface area (Å²) in [4.78, 5) is 10.6. The van der Waals surface area contributed by atoms with Crippen molar-refractivity contribution >= 4 is 29.9 Å². The molecule has 0 aliphatic carbocycles. The highest BCUT2D eigenvalue weighted by Crippen LogP contribution is 2.10. The van der Waals surface area contributed by atoms with Crippen LogP contribution in [0.3, 0.4) is 0 Å². The number of aliphatic imine (C=N–C) groups is 1. The van der Waals surface area contributed by atoms with Crippen molar-refractivity contribution in [2.24, 2.45) is 10.7 Å². The average Bonchev–Trinajstić information content (AvgIpc) is 2.46. The largest absolute Gasteiger partial charge is 0.478 e. The maximum Gasteiger partial charge on any atom is 0.213 e. The molecule has 1 aliphatic heterocycles. The zero-order chi connectivity index (χ0) is 13.5. The van der Waals surface area contributed by atoms with E-state index in [9.17, 15) is 0 Å². The van der Waals surface area contributed by atoms with Crippen molar-refractivity contribution in [3.05, 3.63) is 23.9 Å². The van der Waals surface area contributed by atoms with E-state index in [0.717, 1.165) is 18.7 Å². The van der Waals surface area contributed by atoms with Crippen molar-refractivity contribution in [2.45, 2.75) is 13.5 Å². The highest BCUT2D eigenvalue weighted by atomic mass is 127. The second kappa shape index (κ2) is 8.96. The highest BCUT2D eigenvalue weighted by molar-refractivity contribution is 14.0. The molecule has 1 aromatic rings. The van der Waals surface area contributed by atoms with Gasteiger partial charge in [0, 0.05) is 25.4 Å². The van der Waals surface area contributed by atoms with Gasteiger partial charge in [-0.3, -0.25) is 0 Å². The normalized spacial score (nSPS) is 15.7. The Balaban J connectivity index is 0.00000200. The van der Waals surface area contributed by atoms with Gasteiger partial charge in [-0.1, -0.05) is 0 Å². The van der Waals surface area contributed by atoms with Crippen LogP contribution in [0, 0.1) is 0 Å². The highest BCUT2D eigenvalue weighted by Gasteiger charge is 2.11. The Morgan fingerprint density at radius 1 is 1.50 bits per heavy atom. The van der Waals surface area contributed by atoms with Gasteiger partial charge in [0.1, 0.15) is 0 Å². The van der Waals surface area contributed by atoms with Crippen LogP contribution in [0.5, 0.6) is 5.88 Å². The average molecular weight is 392 g/mol. The number of aromatic nitrogens is 1. The molecule has 7 heteroatoms. The summed E-state index contributed by atoms with van der Waals surface area (Å²) in [5, 5.41) is 0. The Morgan fingerprint density at radius 2 is 2.25 bits per heavy atom. The molecule has 1 saturated heterocycles. The number of rotatable bonds is 4. The lowest BCUT2D eigenvalue weighted by atomic mass is 10.3. The predicted octanol–water partition coefficient (Wildman–Crippen LogP) is 1.25. The number of morpholine rings is 1. The van der Waals surface area contributed by atoms with E-state index in [4.69, 9.17) is 15.2 Å². The minimum atomic E-state index is 0. The third kappa shape index (κ3) is 5.12. The number of pyridine rings is 1. The van der Waals surface area contributed by atoms with Gasteiger partial charge in [0.15, 0.2) is 5.96 Å². The number of hydrogen-bond donors (Lipinski definition) is 1. The fourth-order valence-electron chi connectivity index (χ4n) is 1.84. The maximum atomic E-state index is 5.97. The van der Waals surface area contributed by atoms with Gasteiger partial charge < -0.3 is 20.1 Å². The predicted molar refractivity (Wildman–Crippen MR) is 88.5 cm³/mol. The molecule has 1 aliphatic rings. The van der Waals surface area contributed by atoms with Gasteiger partial charge in [-0.15, -0.1) is 24.0 Å². The number of ether oxygens (including phenoxy) is 2. The first-order valence-corrected chi connectivity index (χ1v) is 6.50. The Labute approximate surface area is 136 Å². The molecule has 0 atom stereocenters. The first-order chi connectivity index (χ1) is 9.29. The van der Waals surface area contributed by atoms with Gasteiger partial charge in [0.25, 0.3) is 0 Å². The van der Waals surface area contributed by atoms with E-state index < -0.39 is 0 Å². The SMILES string of the molecule is CCOc1cc(CN=C(N)N2CCOCC2)ccn1.I. The summed E-state index contributed by atoms with van der Waals surface area (Å²) in [6.45, 7) is 6.09. The zero-order valence-electron chi connectivity index (χ0n) is 11.6. The van der Waals surface area contributed by atoms with Crippen molar-refractivity contribution in [3.63, 3.8) is 0 Å². The van der Waals surface area contributed by atoms with E-state index in [2.05, 4.69) is 9.98 Å². The molecule has 0 bridgehead atoms. The molecule has 0 unspecified atom stereocenters. The Hall–Kier alpha value is -1.09.